The average molecular weight is 273 g/mol. The molecule has 2 nitrogen and oxygen atoms in total. The Hall–Kier alpha value is 0.620. The van der Waals surface area contributed by atoms with Crippen LogP contribution in [0.1, 0.15) is 32.1 Å². The molecule has 1 spiro atoms. The first kappa shape index (κ1) is 12.6. The molecule has 3 aliphatic rings. The van der Waals surface area contributed by atoms with Gasteiger partial charge in [-0.1, -0.05) is 0 Å². The van der Waals surface area contributed by atoms with E-state index in [9.17, 15) is 0 Å². The largest absolute Gasteiger partial charge is 0.374 e. The van der Waals surface area contributed by atoms with Crippen LogP contribution < -0.4 is 5.32 Å². The summed E-state index contributed by atoms with van der Waals surface area (Å²) in [7, 11) is 0. The SMILES string of the molecule is C1CC(NC2CCSCC2)CC2(CCSC2)O1. The molecule has 0 aliphatic carbocycles. The van der Waals surface area contributed by atoms with Crippen molar-refractivity contribution in [1.82, 2.24) is 5.32 Å². The number of thioether (sulfide) groups is 2. The first-order valence-corrected chi connectivity index (χ1v) is 9.23. The van der Waals surface area contributed by atoms with Crippen LogP contribution in [0.25, 0.3) is 0 Å². The minimum Gasteiger partial charge on any atom is -0.374 e. The summed E-state index contributed by atoms with van der Waals surface area (Å²) >= 11 is 4.18. The maximum Gasteiger partial charge on any atom is 0.0795 e. The quantitative estimate of drug-likeness (QED) is 0.834. The van der Waals surface area contributed by atoms with Gasteiger partial charge in [0.15, 0.2) is 0 Å². The minimum absolute atomic E-state index is 0.240. The predicted molar refractivity (Wildman–Crippen MR) is 77.1 cm³/mol. The number of nitrogens with one attached hydrogen (secondary N) is 1. The van der Waals surface area contributed by atoms with Crippen molar-refractivity contribution in [2.24, 2.45) is 0 Å². The van der Waals surface area contributed by atoms with Crippen LogP contribution in [0, 0.1) is 0 Å². The second kappa shape index (κ2) is 5.72. The molecule has 1 N–H and O–H groups in total. The summed E-state index contributed by atoms with van der Waals surface area (Å²) in [5.74, 6) is 5.22. The third-order valence-corrected chi connectivity index (χ3v) is 6.52. The molecule has 0 aromatic carbocycles. The van der Waals surface area contributed by atoms with Gasteiger partial charge in [-0.2, -0.15) is 23.5 Å². The van der Waals surface area contributed by atoms with Crippen molar-refractivity contribution < 1.29 is 4.74 Å². The van der Waals surface area contributed by atoms with E-state index in [1.807, 2.05) is 0 Å². The number of hydrogen-bond acceptors (Lipinski definition) is 4. The zero-order valence-electron chi connectivity index (χ0n) is 10.5. The van der Waals surface area contributed by atoms with Crippen LogP contribution >= 0.6 is 23.5 Å². The smallest absolute Gasteiger partial charge is 0.0795 e. The summed E-state index contributed by atoms with van der Waals surface area (Å²) in [5, 5.41) is 3.91. The van der Waals surface area contributed by atoms with Crippen LogP contribution in [0.3, 0.4) is 0 Å². The molecule has 4 heteroatoms. The van der Waals surface area contributed by atoms with Crippen LogP contribution in [0.5, 0.6) is 0 Å². The molecule has 0 aromatic rings. The standard InChI is InChI=1S/C13H23NOS2/c1-5-15-13(4-8-17-10-13)9-12(1)14-11-2-6-16-7-3-11/h11-12,14H,1-10H2. The van der Waals surface area contributed by atoms with E-state index in [1.54, 1.807) is 0 Å². The molecule has 3 saturated heterocycles. The zero-order chi connectivity index (χ0) is 11.6. The van der Waals surface area contributed by atoms with E-state index >= 15 is 0 Å². The van der Waals surface area contributed by atoms with Crippen LogP contribution in [-0.4, -0.2) is 47.3 Å². The highest BCUT2D eigenvalue weighted by atomic mass is 32.2. The molecule has 3 rings (SSSR count). The summed E-state index contributed by atoms with van der Waals surface area (Å²) in [6, 6.07) is 1.50. The van der Waals surface area contributed by atoms with E-state index in [4.69, 9.17) is 4.74 Å². The Bertz CT molecular complexity index is 250. The molecule has 98 valence electrons. The topological polar surface area (TPSA) is 21.3 Å². The van der Waals surface area contributed by atoms with E-state index < -0.39 is 0 Å². The van der Waals surface area contributed by atoms with Crippen molar-refractivity contribution in [3.05, 3.63) is 0 Å². The van der Waals surface area contributed by atoms with Gasteiger partial charge in [-0.15, -0.1) is 0 Å². The first-order valence-electron chi connectivity index (χ1n) is 6.92. The van der Waals surface area contributed by atoms with Gasteiger partial charge in [-0.05, 0) is 49.4 Å². The van der Waals surface area contributed by atoms with Crippen LogP contribution in [0.15, 0.2) is 0 Å². The fraction of sp³-hybridized carbons (Fsp3) is 1.00. The van der Waals surface area contributed by atoms with E-state index in [0.29, 0.717) is 0 Å². The molecular formula is C13H23NOS2. The van der Waals surface area contributed by atoms with Gasteiger partial charge < -0.3 is 10.1 Å². The Morgan fingerprint density at radius 2 is 1.88 bits per heavy atom. The molecule has 17 heavy (non-hydrogen) atoms. The summed E-state index contributed by atoms with van der Waals surface area (Å²) in [6.07, 6.45) is 6.48. The molecule has 3 aliphatic heterocycles. The van der Waals surface area contributed by atoms with Gasteiger partial charge in [0.05, 0.1) is 5.60 Å². The third-order valence-electron chi connectivity index (χ3n) is 4.25. The molecule has 0 amide bonds. The van der Waals surface area contributed by atoms with Gasteiger partial charge >= 0.3 is 0 Å². The molecule has 0 aromatic heterocycles. The Balaban J connectivity index is 1.52. The zero-order valence-corrected chi connectivity index (χ0v) is 12.1. The van der Waals surface area contributed by atoms with E-state index in [-0.39, 0.29) is 5.60 Å². The minimum atomic E-state index is 0.240. The molecule has 2 unspecified atom stereocenters. The van der Waals surface area contributed by atoms with Gasteiger partial charge in [-0.3, -0.25) is 0 Å². The number of rotatable bonds is 2. The van der Waals surface area contributed by atoms with Crippen LogP contribution in [0.4, 0.5) is 0 Å². The van der Waals surface area contributed by atoms with Gasteiger partial charge in [0.1, 0.15) is 0 Å². The van der Waals surface area contributed by atoms with Gasteiger partial charge in [-0.25, -0.2) is 0 Å². The highest BCUT2D eigenvalue weighted by Gasteiger charge is 2.40. The van der Waals surface area contributed by atoms with Crippen molar-refractivity contribution >= 4 is 23.5 Å². The van der Waals surface area contributed by atoms with Crippen molar-refractivity contribution in [3.8, 4) is 0 Å². The second-order valence-electron chi connectivity index (χ2n) is 5.58. The lowest BCUT2D eigenvalue weighted by Gasteiger charge is -2.40. The summed E-state index contributed by atoms with van der Waals surface area (Å²) in [5.41, 5.74) is 0.240. The van der Waals surface area contributed by atoms with Crippen molar-refractivity contribution in [2.75, 3.05) is 29.6 Å². The molecule has 0 bridgehead atoms. The number of ether oxygens (including phenoxy) is 1. The summed E-state index contributed by atoms with van der Waals surface area (Å²) in [6.45, 7) is 0.972. The first-order chi connectivity index (χ1) is 8.36. The predicted octanol–water partition coefficient (Wildman–Crippen LogP) is 2.53. The highest BCUT2D eigenvalue weighted by molar-refractivity contribution is 7.99. The Morgan fingerprint density at radius 1 is 1.00 bits per heavy atom. The highest BCUT2D eigenvalue weighted by Crippen LogP contribution is 2.38. The van der Waals surface area contributed by atoms with Crippen LogP contribution in [0.2, 0.25) is 0 Å². The van der Waals surface area contributed by atoms with Gasteiger partial charge in [0.25, 0.3) is 0 Å². The van der Waals surface area contributed by atoms with E-state index in [2.05, 4.69) is 28.8 Å². The lowest BCUT2D eigenvalue weighted by molar-refractivity contribution is -0.0714. The second-order valence-corrected chi connectivity index (χ2v) is 7.91. The number of hydrogen-bond donors (Lipinski definition) is 1. The summed E-state index contributed by atoms with van der Waals surface area (Å²) < 4.78 is 6.08. The van der Waals surface area contributed by atoms with E-state index in [1.165, 1.54) is 55.1 Å². The Kier molecular flexibility index (Phi) is 4.26. The van der Waals surface area contributed by atoms with Gasteiger partial charge in [0.2, 0.25) is 0 Å². The summed E-state index contributed by atoms with van der Waals surface area (Å²) in [4.78, 5) is 0. The molecule has 0 radical (unpaired) electrons. The normalized spacial score (nSPS) is 39.9. The maximum absolute atomic E-state index is 6.08. The lowest BCUT2D eigenvalue weighted by atomic mass is 9.89. The fourth-order valence-corrected chi connectivity index (χ4v) is 5.72. The average Bonchev–Trinajstić information content (AvgIpc) is 2.79. The lowest BCUT2D eigenvalue weighted by Crippen LogP contribution is -2.50. The monoisotopic (exact) mass is 273 g/mol. The van der Waals surface area contributed by atoms with E-state index in [0.717, 1.165) is 18.7 Å². The maximum atomic E-state index is 6.08. The van der Waals surface area contributed by atoms with Gasteiger partial charge in [0, 0.05) is 24.4 Å². The molecule has 3 fully saturated rings. The Labute approximate surface area is 113 Å². The molecule has 3 heterocycles. The third kappa shape index (κ3) is 3.14. The molecule has 2 atom stereocenters. The van der Waals surface area contributed by atoms with Crippen molar-refractivity contribution in [1.29, 1.82) is 0 Å². The van der Waals surface area contributed by atoms with Crippen molar-refractivity contribution in [3.63, 3.8) is 0 Å². The van der Waals surface area contributed by atoms with Crippen LogP contribution in [-0.2, 0) is 4.74 Å². The fourth-order valence-electron chi connectivity index (χ4n) is 3.23. The molecule has 0 saturated carbocycles. The molecular weight excluding hydrogens is 250 g/mol. The van der Waals surface area contributed by atoms with Crippen molar-refractivity contribution in [2.45, 2.75) is 49.8 Å². The Morgan fingerprint density at radius 3 is 2.65 bits per heavy atom.